The summed E-state index contributed by atoms with van der Waals surface area (Å²) < 4.78 is 5.21. The number of benzene rings is 1. The largest absolute Gasteiger partial charge is 0.444 e. The maximum absolute atomic E-state index is 12.4. The van der Waals surface area contributed by atoms with Crippen LogP contribution in [0.1, 0.15) is 41.0 Å². The molecule has 0 saturated carbocycles. The van der Waals surface area contributed by atoms with Gasteiger partial charge in [0.15, 0.2) is 0 Å². The summed E-state index contributed by atoms with van der Waals surface area (Å²) in [4.78, 5) is 31.0. The number of nitrogens with zero attached hydrogens (tertiary/aromatic N) is 1. The fourth-order valence-electron chi connectivity index (χ4n) is 2.65. The topological polar surface area (TPSA) is 80.3 Å². The van der Waals surface area contributed by atoms with Crippen molar-refractivity contribution in [2.75, 3.05) is 11.9 Å². The molecule has 0 spiro atoms. The highest BCUT2D eigenvalue weighted by Gasteiger charge is 2.16. The number of aryl methyl sites for hydroxylation is 1. The SMILES string of the molecule is Cc1nc(-c2ccc(CCNC(=O)c3ccc(NC(=O)OC(C)(C)C)cc3)s2)cs1. The van der Waals surface area contributed by atoms with Gasteiger partial charge in [-0.25, -0.2) is 9.78 Å². The molecule has 0 atom stereocenters. The first-order valence-electron chi connectivity index (χ1n) is 9.59. The summed E-state index contributed by atoms with van der Waals surface area (Å²) in [5, 5.41) is 8.70. The van der Waals surface area contributed by atoms with E-state index in [1.807, 2.05) is 6.92 Å². The maximum Gasteiger partial charge on any atom is 0.412 e. The van der Waals surface area contributed by atoms with E-state index in [1.54, 1.807) is 67.7 Å². The first-order valence-corrected chi connectivity index (χ1v) is 11.3. The van der Waals surface area contributed by atoms with E-state index in [2.05, 4.69) is 33.1 Å². The molecular formula is C22H25N3O3S2. The van der Waals surface area contributed by atoms with E-state index in [0.29, 0.717) is 17.8 Å². The molecular weight excluding hydrogens is 418 g/mol. The molecule has 0 aliphatic rings. The Balaban J connectivity index is 1.47. The van der Waals surface area contributed by atoms with Crippen molar-refractivity contribution in [1.82, 2.24) is 10.3 Å². The number of hydrogen-bond acceptors (Lipinski definition) is 6. The number of carbonyl (C=O) groups excluding carboxylic acids is 2. The van der Waals surface area contributed by atoms with Crippen LogP contribution in [0.4, 0.5) is 10.5 Å². The minimum atomic E-state index is -0.563. The van der Waals surface area contributed by atoms with E-state index < -0.39 is 11.7 Å². The number of ether oxygens (including phenoxy) is 1. The van der Waals surface area contributed by atoms with Crippen LogP contribution < -0.4 is 10.6 Å². The van der Waals surface area contributed by atoms with Gasteiger partial charge >= 0.3 is 6.09 Å². The summed E-state index contributed by atoms with van der Waals surface area (Å²) in [6, 6.07) is 10.9. The Hall–Kier alpha value is -2.71. The molecule has 3 rings (SSSR count). The van der Waals surface area contributed by atoms with Crippen molar-refractivity contribution >= 4 is 40.4 Å². The summed E-state index contributed by atoms with van der Waals surface area (Å²) in [5.74, 6) is -0.147. The molecule has 8 heteroatoms. The monoisotopic (exact) mass is 443 g/mol. The smallest absolute Gasteiger partial charge is 0.412 e. The number of rotatable bonds is 6. The zero-order valence-electron chi connectivity index (χ0n) is 17.4. The second kappa shape index (κ2) is 9.40. The third-order valence-electron chi connectivity index (χ3n) is 3.98. The van der Waals surface area contributed by atoms with Gasteiger partial charge in [0.05, 0.1) is 15.6 Å². The van der Waals surface area contributed by atoms with Crippen LogP contribution in [0.3, 0.4) is 0 Å². The number of aromatic nitrogens is 1. The lowest BCUT2D eigenvalue weighted by atomic mass is 10.2. The van der Waals surface area contributed by atoms with Crippen molar-refractivity contribution in [2.24, 2.45) is 0 Å². The Kier molecular flexibility index (Phi) is 6.89. The van der Waals surface area contributed by atoms with E-state index in [-0.39, 0.29) is 5.91 Å². The maximum atomic E-state index is 12.4. The van der Waals surface area contributed by atoms with Crippen molar-refractivity contribution < 1.29 is 14.3 Å². The van der Waals surface area contributed by atoms with E-state index in [0.717, 1.165) is 22.0 Å². The quantitative estimate of drug-likeness (QED) is 0.527. The van der Waals surface area contributed by atoms with Crippen molar-refractivity contribution in [3.63, 3.8) is 0 Å². The summed E-state index contributed by atoms with van der Waals surface area (Å²) in [5.41, 5.74) is 1.56. The number of carbonyl (C=O) groups is 2. The molecule has 1 aromatic carbocycles. The van der Waals surface area contributed by atoms with Gasteiger partial charge in [-0.1, -0.05) is 0 Å². The first-order chi connectivity index (χ1) is 14.2. The standard InChI is InChI=1S/C22H25N3O3S2/c1-14-24-18(13-29-14)19-10-9-17(30-19)11-12-23-20(26)15-5-7-16(8-6-15)25-21(27)28-22(2,3)4/h5-10,13H,11-12H2,1-4H3,(H,23,26)(H,25,27). The van der Waals surface area contributed by atoms with Crippen LogP contribution in [0.5, 0.6) is 0 Å². The van der Waals surface area contributed by atoms with Gasteiger partial charge in [0, 0.05) is 28.1 Å². The van der Waals surface area contributed by atoms with Crippen LogP contribution in [0.15, 0.2) is 41.8 Å². The molecule has 158 valence electrons. The van der Waals surface area contributed by atoms with Crippen LogP contribution in [0.2, 0.25) is 0 Å². The van der Waals surface area contributed by atoms with Gasteiger partial charge in [-0.2, -0.15) is 0 Å². The number of hydrogen-bond donors (Lipinski definition) is 2. The van der Waals surface area contributed by atoms with Crippen LogP contribution in [0, 0.1) is 6.92 Å². The minimum absolute atomic E-state index is 0.147. The Labute approximate surface area is 184 Å². The lowest BCUT2D eigenvalue weighted by Gasteiger charge is -2.19. The van der Waals surface area contributed by atoms with Gasteiger partial charge in [-0.3, -0.25) is 10.1 Å². The van der Waals surface area contributed by atoms with Gasteiger partial charge in [0.2, 0.25) is 0 Å². The molecule has 2 amide bonds. The summed E-state index contributed by atoms with van der Waals surface area (Å²) in [6.45, 7) is 7.95. The van der Waals surface area contributed by atoms with Crippen molar-refractivity contribution in [2.45, 2.75) is 39.7 Å². The average molecular weight is 444 g/mol. The zero-order chi connectivity index (χ0) is 21.7. The third kappa shape index (κ3) is 6.40. The number of thiophene rings is 1. The Bertz CT molecular complexity index is 1020. The van der Waals surface area contributed by atoms with Gasteiger partial charge < -0.3 is 10.1 Å². The molecule has 2 aromatic heterocycles. The summed E-state index contributed by atoms with van der Waals surface area (Å²) >= 11 is 3.34. The van der Waals surface area contributed by atoms with Crippen molar-refractivity contribution in [3.05, 3.63) is 57.2 Å². The highest BCUT2D eigenvalue weighted by atomic mass is 32.1. The molecule has 0 unspecified atom stereocenters. The average Bonchev–Trinajstić information content (AvgIpc) is 3.29. The van der Waals surface area contributed by atoms with E-state index in [1.165, 1.54) is 4.88 Å². The normalized spacial score (nSPS) is 11.2. The molecule has 0 aliphatic heterocycles. The fourth-order valence-corrected chi connectivity index (χ4v) is 4.31. The van der Waals surface area contributed by atoms with Crippen molar-refractivity contribution in [1.29, 1.82) is 0 Å². The first kappa shape index (κ1) is 22.0. The van der Waals surface area contributed by atoms with Gasteiger partial charge in [0.25, 0.3) is 5.91 Å². The minimum Gasteiger partial charge on any atom is -0.444 e. The van der Waals surface area contributed by atoms with Gasteiger partial charge in [-0.05, 0) is 70.5 Å². The molecule has 30 heavy (non-hydrogen) atoms. The second-order valence-corrected chi connectivity index (χ2v) is 9.96. The third-order valence-corrected chi connectivity index (χ3v) is 5.92. The molecule has 0 aliphatic carbocycles. The van der Waals surface area contributed by atoms with E-state index in [4.69, 9.17) is 4.74 Å². The fraction of sp³-hybridized carbons (Fsp3) is 0.318. The highest BCUT2D eigenvalue weighted by Crippen LogP contribution is 2.29. The zero-order valence-corrected chi connectivity index (χ0v) is 19.1. The van der Waals surface area contributed by atoms with Crippen LogP contribution in [-0.4, -0.2) is 29.1 Å². The van der Waals surface area contributed by atoms with E-state index >= 15 is 0 Å². The Morgan fingerprint density at radius 1 is 1.10 bits per heavy atom. The van der Waals surface area contributed by atoms with Crippen LogP contribution in [-0.2, 0) is 11.2 Å². The molecule has 2 N–H and O–H groups in total. The molecule has 0 saturated heterocycles. The summed E-state index contributed by atoms with van der Waals surface area (Å²) in [7, 11) is 0. The number of amides is 2. The lowest BCUT2D eigenvalue weighted by molar-refractivity contribution is 0.0635. The number of anilines is 1. The van der Waals surface area contributed by atoms with Crippen LogP contribution in [0.25, 0.3) is 10.6 Å². The number of nitrogens with one attached hydrogen (secondary N) is 2. The Morgan fingerprint density at radius 3 is 2.47 bits per heavy atom. The molecule has 2 heterocycles. The second-order valence-electron chi connectivity index (χ2n) is 7.73. The lowest BCUT2D eigenvalue weighted by Crippen LogP contribution is -2.27. The van der Waals surface area contributed by atoms with E-state index in [9.17, 15) is 9.59 Å². The van der Waals surface area contributed by atoms with Gasteiger partial charge in [0.1, 0.15) is 5.60 Å². The number of thiazole rings is 1. The Morgan fingerprint density at radius 2 is 1.83 bits per heavy atom. The summed E-state index contributed by atoms with van der Waals surface area (Å²) in [6.07, 6.45) is 0.237. The molecule has 0 bridgehead atoms. The van der Waals surface area contributed by atoms with Gasteiger partial charge in [-0.15, -0.1) is 22.7 Å². The molecule has 3 aromatic rings. The predicted molar refractivity (Wildman–Crippen MR) is 122 cm³/mol. The highest BCUT2D eigenvalue weighted by molar-refractivity contribution is 7.16. The predicted octanol–water partition coefficient (Wildman–Crippen LogP) is 5.50. The van der Waals surface area contributed by atoms with Crippen molar-refractivity contribution in [3.8, 4) is 10.6 Å². The molecule has 0 fully saturated rings. The van der Waals surface area contributed by atoms with Crippen LogP contribution >= 0.6 is 22.7 Å². The molecule has 0 radical (unpaired) electrons. The molecule has 6 nitrogen and oxygen atoms in total.